The van der Waals surface area contributed by atoms with E-state index >= 15 is 0 Å². The van der Waals surface area contributed by atoms with Gasteiger partial charge in [-0.05, 0) is 24.1 Å². The molecule has 0 aliphatic heterocycles. The number of nitrogens with two attached hydrogens (primary N) is 1. The summed E-state index contributed by atoms with van der Waals surface area (Å²) in [5.74, 6) is 2.93. The van der Waals surface area contributed by atoms with Crippen molar-refractivity contribution in [2.75, 3.05) is 26.1 Å². The van der Waals surface area contributed by atoms with Crippen LogP contribution in [0.15, 0.2) is 47.5 Å². The first-order valence-corrected chi connectivity index (χ1v) is 8.53. The SMILES string of the molecule is COc1ccc(OC)c(NC(N)=NCc2ccccc2OCC(C)C)c1. The maximum Gasteiger partial charge on any atom is 0.193 e. The van der Waals surface area contributed by atoms with Gasteiger partial charge in [0, 0.05) is 11.6 Å². The molecular formula is C20H27N3O3. The number of hydrogen-bond acceptors (Lipinski definition) is 4. The first-order valence-electron chi connectivity index (χ1n) is 8.53. The van der Waals surface area contributed by atoms with Gasteiger partial charge in [-0.15, -0.1) is 0 Å². The molecule has 26 heavy (non-hydrogen) atoms. The summed E-state index contributed by atoms with van der Waals surface area (Å²) in [7, 11) is 3.21. The molecule has 0 heterocycles. The molecular weight excluding hydrogens is 330 g/mol. The standard InChI is InChI=1S/C20H27N3O3/c1-14(2)13-26-18-8-6-5-7-15(18)12-22-20(21)23-17-11-16(24-3)9-10-19(17)25-4/h5-11,14H,12-13H2,1-4H3,(H3,21,22,23). The van der Waals surface area contributed by atoms with Gasteiger partial charge in [0.15, 0.2) is 5.96 Å². The Morgan fingerprint density at radius 3 is 2.54 bits per heavy atom. The number of hydrogen-bond donors (Lipinski definition) is 2. The van der Waals surface area contributed by atoms with E-state index in [1.807, 2.05) is 36.4 Å². The summed E-state index contributed by atoms with van der Waals surface area (Å²) in [6.45, 7) is 5.31. The van der Waals surface area contributed by atoms with Gasteiger partial charge in [-0.3, -0.25) is 0 Å². The highest BCUT2D eigenvalue weighted by Gasteiger charge is 2.07. The van der Waals surface area contributed by atoms with Gasteiger partial charge in [0.25, 0.3) is 0 Å². The maximum atomic E-state index is 6.04. The Bertz CT molecular complexity index is 745. The van der Waals surface area contributed by atoms with Crippen LogP contribution in [0.25, 0.3) is 0 Å². The van der Waals surface area contributed by atoms with E-state index in [4.69, 9.17) is 19.9 Å². The van der Waals surface area contributed by atoms with E-state index in [0.29, 0.717) is 36.3 Å². The van der Waals surface area contributed by atoms with Crippen LogP contribution in [0.1, 0.15) is 19.4 Å². The lowest BCUT2D eigenvalue weighted by molar-refractivity contribution is 0.268. The Kier molecular flexibility index (Phi) is 7.14. The molecule has 6 nitrogen and oxygen atoms in total. The van der Waals surface area contributed by atoms with E-state index in [-0.39, 0.29) is 5.96 Å². The predicted molar refractivity (Wildman–Crippen MR) is 105 cm³/mol. The summed E-state index contributed by atoms with van der Waals surface area (Å²) < 4.78 is 16.4. The lowest BCUT2D eigenvalue weighted by Gasteiger charge is -2.13. The molecule has 2 rings (SSSR count). The molecule has 2 aromatic rings. The zero-order valence-corrected chi connectivity index (χ0v) is 15.8. The predicted octanol–water partition coefficient (Wildman–Crippen LogP) is 3.67. The summed E-state index contributed by atoms with van der Waals surface area (Å²) in [4.78, 5) is 4.42. The number of methoxy groups -OCH3 is 2. The van der Waals surface area contributed by atoms with Crippen molar-refractivity contribution in [3.05, 3.63) is 48.0 Å². The lowest BCUT2D eigenvalue weighted by Crippen LogP contribution is -2.23. The number of rotatable bonds is 8. The number of aliphatic imine (C=N–C) groups is 1. The van der Waals surface area contributed by atoms with Gasteiger partial charge in [0.1, 0.15) is 17.2 Å². The van der Waals surface area contributed by atoms with Crippen LogP contribution in [0.3, 0.4) is 0 Å². The van der Waals surface area contributed by atoms with Crippen molar-refractivity contribution >= 4 is 11.6 Å². The summed E-state index contributed by atoms with van der Waals surface area (Å²) in [6, 6.07) is 13.3. The third kappa shape index (κ3) is 5.58. The Labute approximate surface area is 155 Å². The first-order chi connectivity index (χ1) is 12.5. The topological polar surface area (TPSA) is 78.1 Å². The van der Waals surface area contributed by atoms with Crippen LogP contribution in [0.5, 0.6) is 17.2 Å². The minimum absolute atomic E-state index is 0.287. The van der Waals surface area contributed by atoms with Crippen LogP contribution in [-0.2, 0) is 6.54 Å². The number of ether oxygens (including phenoxy) is 3. The number of benzene rings is 2. The summed E-state index contributed by atoms with van der Waals surface area (Å²) >= 11 is 0. The van der Waals surface area contributed by atoms with E-state index in [1.165, 1.54) is 0 Å². The van der Waals surface area contributed by atoms with Crippen LogP contribution >= 0.6 is 0 Å². The second kappa shape index (κ2) is 9.56. The number of nitrogens with zero attached hydrogens (tertiary/aromatic N) is 1. The van der Waals surface area contributed by atoms with Gasteiger partial charge >= 0.3 is 0 Å². The smallest absolute Gasteiger partial charge is 0.193 e. The Morgan fingerprint density at radius 1 is 1.08 bits per heavy atom. The molecule has 0 spiro atoms. The summed E-state index contributed by atoms with van der Waals surface area (Å²) in [5.41, 5.74) is 7.72. The van der Waals surface area contributed by atoms with Gasteiger partial charge in [-0.25, -0.2) is 4.99 Å². The minimum atomic E-state index is 0.287. The van der Waals surface area contributed by atoms with Gasteiger partial charge in [0.05, 0.1) is 33.1 Å². The van der Waals surface area contributed by atoms with Crippen LogP contribution in [0.4, 0.5) is 5.69 Å². The number of para-hydroxylation sites is 1. The van der Waals surface area contributed by atoms with Crippen molar-refractivity contribution in [2.45, 2.75) is 20.4 Å². The molecule has 0 unspecified atom stereocenters. The molecule has 0 radical (unpaired) electrons. The fourth-order valence-corrected chi connectivity index (χ4v) is 2.29. The van der Waals surface area contributed by atoms with Crippen molar-refractivity contribution in [1.82, 2.24) is 0 Å². The number of nitrogens with one attached hydrogen (secondary N) is 1. The quantitative estimate of drug-likeness (QED) is 0.557. The minimum Gasteiger partial charge on any atom is -0.497 e. The second-order valence-electron chi connectivity index (χ2n) is 6.21. The molecule has 2 aromatic carbocycles. The summed E-state index contributed by atoms with van der Waals surface area (Å²) in [6.07, 6.45) is 0. The Hall–Kier alpha value is -2.89. The fourth-order valence-electron chi connectivity index (χ4n) is 2.29. The third-order valence-corrected chi connectivity index (χ3v) is 3.63. The van der Waals surface area contributed by atoms with Crippen molar-refractivity contribution in [3.63, 3.8) is 0 Å². The molecule has 0 atom stereocenters. The van der Waals surface area contributed by atoms with Crippen LogP contribution in [-0.4, -0.2) is 26.8 Å². The normalized spacial score (nSPS) is 11.3. The van der Waals surface area contributed by atoms with E-state index < -0.39 is 0 Å². The van der Waals surface area contributed by atoms with Gasteiger partial charge in [-0.1, -0.05) is 32.0 Å². The molecule has 0 saturated heterocycles. The zero-order chi connectivity index (χ0) is 18.9. The van der Waals surface area contributed by atoms with Crippen LogP contribution in [0, 0.1) is 5.92 Å². The molecule has 0 bridgehead atoms. The highest BCUT2D eigenvalue weighted by Crippen LogP contribution is 2.28. The average molecular weight is 357 g/mol. The fraction of sp³-hybridized carbons (Fsp3) is 0.350. The number of anilines is 1. The molecule has 0 saturated carbocycles. The molecule has 140 valence electrons. The van der Waals surface area contributed by atoms with E-state index in [0.717, 1.165) is 11.3 Å². The highest BCUT2D eigenvalue weighted by atomic mass is 16.5. The van der Waals surface area contributed by atoms with Crippen molar-refractivity contribution in [1.29, 1.82) is 0 Å². The zero-order valence-electron chi connectivity index (χ0n) is 15.8. The largest absolute Gasteiger partial charge is 0.497 e. The van der Waals surface area contributed by atoms with Crippen molar-refractivity contribution in [2.24, 2.45) is 16.6 Å². The van der Waals surface area contributed by atoms with Crippen molar-refractivity contribution in [3.8, 4) is 17.2 Å². The van der Waals surface area contributed by atoms with Crippen LogP contribution < -0.4 is 25.3 Å². The molecule has 6 heteroatoms. The lowest BCUT2D eigenvalue weighted by atomic mass is 10.2. The first kappa shape index (κ1) is 19.4. The molecule has 0 amide bonds. The van der Waals surface area contributed by atoms with Crippen LogP contribution in [0.2, 0.25) is 0 Å². The number of guanidine groups is 1. The molecule has 0 fully saturated rings. The summed E-state index contributed by atoms with van der Waals surface area (Å²) in [5, 5.41) is 3.06. The van der Waals surface area contributed by atoms with Gasteiger partial charge in [-0.2, -0.15) is 0 Å². The second-order valence-corrected chi connectivity index (χ2v) is 6.21. The van der Waals surface area contributed by atoms with E-state index in [9.17, 15) is 0 Å². The molecule has 0 aliphatic carbocycles. The highest BCUT2D eigenvalue weighted by molar-refractivity contribution is 5.94. The van der Waals surface area contributed by atoms with E-state index in [1.54, 1.807) is 20.3 Å². The Balaban J connectivity index is 2.09. The van der Waals surface area contributed by atoms with E-state index in [2.05, 4.69) is 24.2 Å². The van der Waals surface area contributed by atoms with Gasteiger partial charge in [0.2, 0.25) is 0 Å². The average Bonchev–Trinajstić information content (AvgIpc) is 2.65. The third-order valence-electron chi connectivity index (χ3n) is 3.63. The molecule has 0 aromatic heterocycles. The Morgan fingerprint density at radius 2 is 1.85 bits per heavy atom. The molecule has 3 N–H and O–H groups in total. The molecule has 0 aliphatic rings. The monoisotopic (exact) mass is 357 g/mol. The maximum absolute atomic E-state index is 6.04. The van der Waals surface area contributed by atoms with Crippen molar-refractivity contribution < 1.29 is 14.2 Å². The van der Waals surface area contributed by atoms with Gasteiger partial charge < -0.3 is 25.3 Å².